The minimum Gasteiger partial charge on any atom is -0.456 e. The molecule has 6 aromatic rings. The number of ether oxygens (including phenoxy) is 2. The van der Waals surface area contributed by atoms with E-state index < -0.39 is 5.79 Å². The molecule has 3 nitrogen and oxygen atoms in total. The summed E-state index contributed by atoms with van der Waals surface area (Å²) >= 11 is 0. The third kappa shape index (κ3) is 2.26. The maximum atomic E-state index is 6.67. The summed E-state index contributed by atoms with van der Waals surface area (Å²) in [5, 5.41) is 2.24. The summed E-state index contributed by atoms with van der Waals surface area (Å²) in [6.07, 6.45) is 0. The van der Waals surface area contributed by atoms with Gasteiger partial charge in [-0.25, -0.2) is 0 Å². The molecule has 0 amide bonds. The van der Waals surface area contributed by atoms with E-state index in [1.54, 1.807) is 0 Å². The smallest absolute Gasteiger partial charge is 0.306 e. The largest absolute Gasteiger partial charge is 0.456 e. The highest BCUT2D eigenvalue weighted by molar-refractivity contribution is 6.06. The molecule has 5 aromatic carbocycles. The molecule has 0 saturated carbocycles. The molecular weight excluding hydrogens is 420 g/mol. The predicted molar refractivity (Wildman–Crippen MR) is 133 cm³/mol. The van der Waals surface area contributed by atoms with Crippen molar-refractivity contribution in [2.75, 3.05) is 0 Å². The van der Waals surface area contributed by atoms with E-state index in [9.17, 15) is 0 Å². The van der Waals surface area contributed by atoms with Crippen molar-refractivity contribution in [1.82, 2.24) is 0 Å². The van der Waals surface area contributed by atoms with Gasteiger partial charge in [0.25, 0.3) is 0 Å². The first-order valence-electron chi connectivity index (χ1n) is 11.4. The lowest BCUT2D eigenvalue weighted by atomic mass is 10.0. The molecule has 2 aliphatic rings. The van der Waals surface area contributed by atoms with Crippen LogP contribution < -0.4 is 9.47 Å². The van der Waals surface area contributed by atoms with E-state index in [1.165, 1.54) is 0 Å². The van der Waals surface area contributed by atoms with Crippen molar-refractivity contribution in [3.63, 3.8) is 0 Å². The lowest BCUT2D eigenvalue weighted by Crippen LogP contribution is -2.34. The van der Waals surface area contributed by atoms with E-state index in [1.807, 2.05) is 42.5 Å². The number of furan rings is 1. The molecule has 0 unspecified atom stereocenters. The summed E-state index contributed by atoms with van der Waals surface area (Å²) in [5.41, 5.74) is 8.38. The fourth-order valence-electron chi connectivity index (χ4n) is 5.46. The van der Waals surface area contributed by atoms with Crippen LogP contribution in [0.4, 0.5) is 0 Å². The molecule has 1 aliphatic heterocycles. The van der Waals surface area contributed by atoms with Crippen LogP contribution in [0.3, 0.4) is 0 Å². The van der Waals surface area contributed by atoms with E-state index in [0.717, 1.165) is 66.8 Å². The first kappa shape index (κ1) is 18.0. The van der Waals surface area contributed by atoms with Gasteiger partial charge in [0.15, 0.2) is 11.5 Å². The minimum atomic E-state index is -0.946. The van der Waals surface area contributed by atoms with Crippen LogP contribution in [0.2, 0.25) is 0 Å². The quantitative estimate of drug-likeness (QED) is 0.261. The molecule has 3 heteroatoms. The molecule has 34 heavy (non-hydrogen) atoms. The second-order valence-electron chi connectivity index (χ2n) is 8.88. The molecule has 0 radical (unpaired) electrons. The van der Waals surface area contributed by atoms with Crippen molar-refractivity contribution in [3.05, 3.63) is 120 Å². The highest BCUT2D eigenvalue weighted by atomic mass is 16.7. The lowest BCUT2D eigenvalue weighted by Gasteiger charge is -2.25. The number of hydrogen-bond acceptors (Lipinski definition) is 3. The summed E-state index contributed by atoms with van der Waals surface area (Å²) < 4.78 is 19.3. The minimum absolute atomic E-state index is 0.751. The Morgan fingerprint density at radius 3 is 1.91 bits per heavy atom. The van der Waals surface area contributed by atoms with Gasteiger partial charge in [-0.1, -0.05) is 78.9 Å². The highest BCUT2D eigenvalue weighted by Gasteiger charge is 2.52. The average Bonchev–Trinajstić information content (AvgIpc) is 3.54. The number of hydrogen-bond donors (Lipinski definition) is 0. The topological polar surface area (TPSA) is 31.6 Å². The Morgan fingerprint density at radius 1 is 0.471 bits per heavy atom. The summed E-state index contributed by atoms with van der Waals surface area (Å²) in [5.74, 6) is 0.560. The Bertz CT molecular complexity index is 1730. The molecule has 1 spiro atoms. The molecule has 0 N–H and O–H groups in total. The van der Waals surface area contributed by atoms with Gasteiger partial charge in [0, 0.05) is 21.9 Å². The molecule has 160 valence electrons. The van der Waals surface area contributed by atoms with Gasteiger partial charge < -0.3 is 13.9 Å². The van der Waals surface area contributed by atoms with E-state index in [4.69, 9.17) is 13.9 Å². The van der Waals surface area contributed by atoms with E-state index in [0.29, 0.717) is 0 Å². The molecule has 2 heterocycles. The zero-order valence-corrected chi connectivity index (χ0v) is 18.1. The number of benzene rings is 5. The summed E-state index contributed by atoms with van der Waals surface area (Å²) in [6, 6.07) is 37.3. The molecule has 0 bridgehead atoms. The van der Waals surface area contributed by atoms with E-state index in [2.05, 4.69) is 66.7 Å². The second kappa shape index (κ2) is 6.30. The molecule has 0 fully saturated rings. The summed E-state index contributed by atoms with van der Waals surface area (Å²) in [7, 11) is 0. The van der Waals surface area contributed by atoms with Crippen molar-refractivity contribution < 1.29 is 13.9 Å². The first-order valence-corrected chi connectivity index (χ1v) is 11.4. The third-order valence-corrected chi connectivity index (χ3v) is 7.01. The monoisotopic (exact) mass is 438 g/mol. The predicted octanol–water partition coefficient (Wildman–Crippen LogP) is 7.91. The van der Waals surface area contributed by atoms with Crippen molar-refractivity contribution in [1.29, 1.82) is 0 Å². The van der Waals surface area contributed by atoms with Crippen molar-refractivity contribution in [2.45, 2.75) is 5.79 Å². The Labute approximate surface area is 195 Å². The number of fused-ring (bicyclic) bond motifs is 9. The van der Waals surface area contributed by atoms with Crippen LogP contribution in [-0.4, -0.2) is 0 Å². The molecule has 0 saturated heterocycles. The van der Waals surface area contributed by atoms with E-state index in [-0.39, 0.29) is 0 Å². The Balaban J connectivity index is 1.26. The SMILES string of the molecule is c1ccc2c(c1)-c1ccccc1C21Oc2ccc(-c3ccc4oc5ccccc5c4c3)cc2O1. The summed E-state index contributed by atoms with van der Waals surface area (Å²) in [6.45, 7) is 0. The second-order valence-corrected chi connectivity index (χ2v) is 8.88. The molecule has 0 atom stereocenters. The normalized spacial score (nSPS) is 14.6. The Morgan fingerprint density at radius 2 is 1.09 bits per heavy atom. The van der Waals surface area contributed by atoms with Gasteiger partial charge in [0.05, 0.1) is 0 Å². The lowest BCUT2D eigenvalue weighted by molar-refractivity contribution is -0.0417. The van der Waals surface area contributed by atoms with Crippen LogP contribution in [-0.2, 0) is 5.79 Å². The number of para-hydroxylation sites is 1. The zero-order chi connectivity index (χ0) is 22.3. The molecule has 8 rings (SSSR count). The van der Waals surface area contributed by atoms with Gasteiger partial charge in [-0.05, 0) is 52.6 Å². The van der Waals surface area contributed by atoms with Crippen molar-refractivity contribution >= 4 is 21.9 Å². The van der Waals surface area contributed by atoms with Crippen LogP contribution in [0, 0.1) is 0 Å². The fraction of sp³-hybridized carbons (Fsp3) is 0.0323. The van der Waals surface area contributed by atoms with Gasteiger partial charge in [-0.3, -0.25) is 0 Å². The fourth-order valence-corrected chi connectivity index (χ4v) is 5.46. The van der Waals surface area contributed by atoms with Crippen molar-refractivity contribution in [2.24, 2.45) is 0 Å². The molecule has 1 aliphatic carbocycles. The van der Waals surface area contributed by atoms with Gasteiger partial charge in [0.1, 0.15) is 11.2 Å². The van der Waals surface area contributed by atoms with Gasteiger partial charge in [0.2, 0.25) is 0 Å². The van der Waals surface area contributed by atoms with Crippen molar-refractivity contribution in [3.8, 4) is 33.8 Å². The van der Waals surface area contributed by atoms with E-state index >= 15 is 0 Å². The zero-order valence-electron chi connectivity index (χ0n) is 18.1. The van der Waals surface area contributed by atoms with Gasteiger partial charge in [-0.2, -0.15) is 0 Å². The summed E-state index contributed by atoms with van der Waals surface area (Å²) in [4.78, 5) is 0. The standard InChI is InChI=1S/C31H18O3/c1-4-10-25-21(7-1)22-8-2-5-11-26(22)31(25)33-29-16-14-20(18-30(29)34-31)19-13-15-28-24(17-19)23-9-3-6-12-27(23)32-28/h1-18H. The first-order chi connectivity index (χ1) is 16.8. The molecule has 1 aromatic heterocycles. The highest BCUT2D eigenvalue weighted by Crippen LogP contribution is 2.56. The Hall–Kier alpha value is -4.50. The average molecular weight is 438 g/mol. The number of rotatable bonds is 1. The Kier molecular flexibility index (Phi) is 3.33. The van der Waals surface area contributed by atoms with Gasteiger partial charge >= 0.3 is 5.79 Å². The maximum absolute atomic E-state index is 6.67. The van der Waals surface area contributed by atoms with Crippen LogP contribution in [0.15, 0.2) is 114 Å². The third-order valence-electron chi connectivity index (χ3n) is 7.01. The van der Waals surface area contributed by atoms with Crippen LogP contribution in [0.25, 0.3) is 44.2 Å². The van der Waals surface area contributed by atoms with Crippen LogP contribution >= 0.6 is 0 Å². The van der Waals surface area contributed by atoms with Crippen LogP contribution in [0.1, 0.15) is 11.1 Å². The molecular formula is C31H18O3. The maximum Gasteiger partial charge on any atom is 0.306 e. The van der Waals surface area contributed by atoms with Gasteiger partial charge in [-0.15, -0.1) is 0 Å². The van der Waals surface area contributed by atoms with Crippen LogP contribution in [0.5, 0.6) is 11.5 Å².